The van der Waals surface area contributed by atoms with Crippen LogP contribution in [0.1, 0.15) is 25.3 Å². The van der Waals surface area contributed by atoms with Crippen molar-refractivity contribution in [1.29, 1.82) is 0 Å². The quantitative estimate of drug-likeness (QED) is 0.936. The zero-order valence-corrected chi connectivity index (χ0v) is 14.0. The van der Waals surface area contributed by atoms with Gasteiger partial charge in [0.05, 0.1) is 6.20 Å². The molecule has 6 nitrogen and oxygen atoms in total. The molecule has 1 fully saturated rings. The Morgan fingerprint density at radius 1 is 1.04 bits per heavy atom. The minimum atomic E-state index is 0.530. The van der Waals surface area contributed by atoms with E-state index < -0.39 is 0 Å². The summed E-state index contributed by atoms with van der Waals surface area (Å²) in [5.74, 6) is 1.95. The summed E-state index contributed by atoms with van der Waals surface area (Å²) in [5, 5.41) is 11.4. The van der Waals surface area contributed by atoms with Crippen molar-refractivity contribution in [3.8, 4) is 0 Å². The van der Waals surface area contributed by atoms with Crippen molar-refractivity contribution >= 4 is 17.5 Å². The molecule has 1 saturated heterocycles. The van der Waals surface area contributed by atoms with Gasteiger partial charge >= 0.3 is 0 Å². The van der Waals surface area contributed by atoms with Gasteiger partial charge in [0.2, 0.25) is 5.95 Å². The average molecular weight is 312 g/mol. The highest BCUT2D eigenvalue weighted by Gasteiger charge is 2.16. The summed E-state index contributed by atoms with van der Waals surface area (Å²) < 4.78 is 0. The Morgan fingerprint density at radius 2 is 1.74 bits per heavy atom. The van der Waals surface area contributed by atoms with E-state index in [-0.39, 0.29) is 0 Å². The second kappa shape index (κ2) is 6.91. The molecule has 23 heavy (non-hydrogen) atoms. The van der Waals surface area contributed by atoms with Crippen molar-refractivity contribution in [1.82, 2.24) is 20.1 Å². The Bertz CT molecular complexity index is 632. The van der Waals surface area contributed by atoms with Gasteiger partial charge in [0, 0.05) is 31.9 Å². The highest BCUT2D eigenvalue weighted by molar-refractivity contribution is 5.55. The number of piperazine rings is 1. The van der Waals surface area contributed by atoms with Gasteiger partial charge in [-0.15, -0.1) is 5.10 Å². The van der Waals surface area contributed by atoms with E-state index in [0.29, 0.717) is 11.9 Å². The molecule has 1 aliphatic rings. The van der Waals surface area contributed by atoms with Crippen LogP contribution in [0.15, 0.2) is 30.5 Å². The fourth-order valence-corrected chi connectivity index (χ4v) is 2.62. The largest absolute Gasteiger partial charge is 0.353 e. The molecule has 0 spiro atoms. The highest BCUT2D eigenvalue weighted by Crippen LogP contribution is 2.20. The van der Waals surface area contributed by atoms with E-state index in [9.17, 15) is 0 Å². The third kappa shape index (κ3) is 3.96. The van der Waals surface area contributed by atoms with Crippen molar-refractivity contribution in [3.63, 3.8) is 0 Å². The van der Waals surface area contributed by atoms with Gasteiger partial charge in [0.15, 0.2) is 5.82 Å². The molecule has 0 aliphatic carbocycles. The smallest absolute Gasteiger partial charge is 0.249 e. The van der Waals surface area contributed by atoms with Gasteiger partial charge < -0.3 is 15.1 Å². The molecule has 0 radical (unpaired) electrons. The lowest BCUT2D eigenvalue weighted by Gasteiger charge is -2.32. The topological polar surface area (TPSA) is 57.2 Å². The van der Waals surface area contributed by atoms with Crippen LogP contribution >= 0.6 is 0 Å². The average Bonchev–Trinajstić information content (AvgIpc) is 2.56. The number of hydrogen-bond acceptors (Lipinski definition) is 6. The molecule has 0 saturated carbocycles. The first kappa shape index (κ1) is 15.7. The summed E-state index contributed by atoms with van der Waals surface area (Å²) in [7, 11) is 2.14. The molecule has 3 rings (SSSR count). The molecule has 0 amide bonds. The van der Waals surface area contributed by atoms with Crippen molar-refractivity contribution in [3.05, 3.63) is 36.0 Å². The van der Waals surface area contributed by atoms with Crippen molar-refractivity contribution in [2.24, 2.45) is 0 Å². The summed E-state index contributed by atoms with van der Waals surface area (Å²) >= 11 is 0. The molecule has 0 unspecified atom stereocenters. The Kier molecular flexibility index (Phi) is 4.71. The molecule has 1 aliphatic heterocycles. The van der Waals surface area contributed by atoms with Crippen LogP contribution in [0.5, 0.6) is 0 Å². The Morgan fingerprint density at radius 3 is 2.39 bits per heavy atom. The Balaban J connectivity index is 1.70. The Labute approximate surface area is 137 Å². The number of benzene rings is 1. The summed E-state index contributed by atoms with van der Waals surface area (Å²) in [6.45, 7) is 8.41. The lowest BCUT2D eigenvalue weighted by atomic mass is 10.0. The van der Waals surface area contributed by atoms with E-state index in [4.69, 9.17) is 0 Å². The number of nitrogens with one attached hydrogen (secondary N) is 1. The van der Waals surface area contributed by atoms with Gasteiger partial charge in [-0.05, 0) is 30.7 Å². The number of likely N-dealkylation sites (N-methyl/N-ethyl adjacent to an activating group) is 1. The summed E-state index contributed by atoms with van der Waals surface area (Å²) in [6, 6.07) is 8.37. The third-order valence-corrected chi connectivity index (χ3v) is 4.21. The molecule has 2 aromatic rings. The van der Waals surface area contributed by atoms with Crippen molar-refractivity contribution in [2.45, 2.75) is 19.8 Å². The number of aromatic nitrogens is 3. The van der Waals surface area contributed by atoms with E-state index in [1.807, 2.05) is 0 Å². The molecule has 0 atom stereocenters. The first-order chi connectivity index (χ1) is 11.1. The van der Waals surface area contributed by atoms with Gasteiger partial charge in [-0.25, -0.2) is 0 Å². The molecule has 6 heteroatoms. The lowest BCUT2D eigenvalue weighted by Crippen LogP contribution is -2.44. The zero-order valence-electron chi connectivity index (χ0n) is 14.0. The van der Waals surface area contributed by atoms with E-state index in [2.05, 4.69) is 75.5 Å². The minimum absolute atomic E-state index is 0.530. The SMILES string of the molecule is CC(C)c1ccc(Nc2nncc(N3CCN(C)CC3)n2)cc1. The minimum Gasteiger partial charge on any atom is -0.353 e. The maximum atomic E-state index is 4.60. The molecule has 2 heterocycles. The van der Waals surface area contributed by atoms with Gasteiger partial charge in [-0.3, -0.25) is 0 Å². The van der Waals surface area contributed by atoms with Crippen LogP contribution in [0.25, 0.3) is 0 Å². The third-order valence-electron chi connectivity index (χ3n) is 4.21. The highest BCUT2D eigenvalue weighted by atomic mass is 15.3. The van der Waals surface area contributed by atoms with E-state index in [1.165, 1.54) is 5.56 Å². The van der Waals surface area contributed by atoms with Gasteiger partial charge in [-0.2, -0.15) is 10.1 Å². The summed E-state index contributed by atoms with van der Waals surface area (Å²) in [5.41, 5.74) is 2.30. The molecular formula is C17H24N6. The van der Waals surface area contributed by atoms with Crippen LogP contribution < -0.4 is 10.2 Å². The maximum Gasteiger partial charge on any atom is 0.249 e. The standard InChI is InChI=1S/C17H24N6/c1-13(2)14-4-6-15(7-5-14)19-17-20-16(12-18-21-17)23-10-8-22(3)9-11-23/h4-7,12-13H,8-11H2,1-3H3,(H,19,20,21). The van der Waals surface area contributed by atoms with E-state index in [1.54, 1.807) is 6.20 Å². The Hall–Kier alpha value is -2.21. The summed E-state index contributed by atoms with van der Waals surface area (Å²) in [4.78, 5) is 9.17. The summed E-state index contributed by atoms with van der Waals surface area (Å²) in [6.07, 6.45) is 1.73. The molecule has 1 aromatic heterocycles. The fourth-order valence-electron chi connectivity index (χ4n) is 2.62. The van der Waals surface area contributed by atoms with Gasteiger partial charge in [0.25, 0.3) is 0 Å². The lowest BCUT2D eigenvalue weighted by molar-refractivity contribution is 0.312. The van der Waals surface area contributed by atoms with Gasteiger partial charge in [0.1, 0.15) is 0 Å². The number of nitrogens with zero attached hydrogens (tertiary/aromatic N) is 5. The molecular weight excluding hydrogens is 288 g/mol. The molecule has 1 aromatic carbocycles. The molecule has 0 bridgehead atoms. The van der Waals surface area contributed by atoms with Crippen LogP contribution in [0.4, 0.5) is 17.5 Å². The normalized spacial score (nSPS) is 15.9. The van der Waals surface area contributed by atoms with Crippen LogP contribution in [0.2, 0.25) is 0 Å². The van der Waals surface area contributed by atoms with Crippen LogP contribution in [-0.4, -0.2) is 53.3 Å². The number of anilines is 3. The first-order valence-electron chi connectivity index (χ1n) is 8.12. The number of hydrogen-bond donors (Lipinski definition) is 1. The predicted molar refractivity (Wildman–Crippen MR) is 93.4 cm³/mol. The predicted octanol–water partition coefficient (Wildman–Crippen LogP) is 2.49. The van der Waals surface area contributed by atoms with E-state index in [0.717, 1.165) is 37.7 Å². The first-order valence-corrected chi connectivity index (χ1v) is 8.12. The zero-order chi connectivity index (χ0) is 16.2. The van der Waals surface area contributed by atoms with Crippen LogP contribution in [0.3, 0.4) is 0 Å². The van der Waals surface area contributed by atoms with Gasteiger partial charge in [-0.1, -0.05) is 26.0 Å². The maximum absolute atomic E-state index is 4.60. The monoisotopic (exact) mass is 312 g/mol. The molecule has 122 valence electrons. The van der Waals surface area contributed by atoms with Crippen LogP contribution in [0, 0.1) is 0 Å². The molecule has 1 N–H and O–H groups in total. The second-order valence-electron chi connectivity index (χ2n) is 6.33. The second-order valence-corrected chi connectivity index (χ2v) is 6.33. The van der Waals surface area contributed by atoms with E-state index >= 15 is 0 Å². The van der Waals surface area contributed by atoms with Crippen molar-refractivity contribution < 1.29 is 0 Å². The fraction of sp³-hybridized carbons (Fsp3) is 0.471. The number of rotatable bonds is 4. The van der Waals surface area contributed by atoms with Crippen LogP contribution in [-0.2, 0) is 0 Å². The van der Waals surface area contributed by atoms with Crippen molar-refractivity contribution in [2.75, 3.05) is 43.4 Å².